The number of aromatic nitrogens is 1. The summed E-state index contributed by atoms with van der Waals surface area (Å²) in [6.07, 6.45) is 3.53. The van der Waals surface area contributed by atoms with Gasteiger partial charge in [0.15, 0.2) is 0 Å². The van der Waals surface area contributed by atoms with Crippen LogP contribution in [0.3, 0.4) is 0 Å². The van der Waals surface area contributed by atoms with Crippen molar-refractivity contribution in [1.82, 2.24) is 4.57 Å². The van der Waals surface area contributed by atoms with Crippen LogP contribution in [0, 0.1) is 5.41 Å². The van der Waals surface area contributed by atoms with Crippen molar-refractivity contribution in [2.24, 2.45) is 12.8 Å². The maximum atomic E-state index is 12.6. The normalized spacial score (nSPS) is 10.4. The lowest BCUT2D eigenvalue weighted by molar-refractivity contribution is 0.262. The number of hydrogen-bond acceptors (Lipinski definition) is 2. The molecule has 4 rings (SSSR count). The number of anilines is 2. The average Bonchev–Trinajstić information content (AvgIpc) is 3.13. The van der Waals surface area contributed by atoms with E-state index in [-0.39, 0.29) is 35.8 Å². The van der Waals surface area contributed by atoms with E-state index in [2.05, 4.69) is 22.8 Å². The molecule has 2 amide bonds. The fourth-order valence-corrected chi connectivity index (χ4v) is 3.80. The maximum Gasteiger partial charge on any atom is 0.323 e. The summed E-state index contributed by atoms with van der Waals surface area (Å²) in [5, 5.41) is 14.8. The molecule has 0 aliphatic rings. The molecular weight excluding hydrogens is 513 g/mol. The summed E-state index contributed by atoms with van der Waals surface area (Å²) in [6.45, 7) is 0. The highest BCUT2D eigenvalue weighted by atomic mass is 127. The van der Waals surface area contributed by atoms with Crippen molar-refractivity contribution < 1.29 is 4.79 Å². The molecule has 0 radical (unpaired) electrons. The van der Waals surface area contributed by atoms with Gasteiger partial charge >= 0.3 is 6.03 Å². The summed E-state index contributed by atoms with van der Waals surface area (Å²) in [6, 6.07) is 23.1. The molecule has 1 heterocycles. The van der Waals surface area contributed by atoms with E-state index in [0.717, 1.165) is 29.3 Å². The van der Waals surface area contributed by atoms with Gasteiger partial charge in [-0.25, -0.2) is 4.79 Å². The number of hydrogen-bond donors (Lipinski definition) is 4. The minimum absolute atomic E-state index is 0. The number of nitrogens with one attached hydrogen (secondary N) is 3. The van der Waals surface area contributed by atoms with Gasteiger partial charge in [-0.15, -0.1) is 24.0 Å². The van der Waals surface area contributed by atoms with Gasteiger partial charge in [0.25, 0.3) is 0 Å². The van der Waals surface area contributed by atoms with Crippen LogP contribution in [-0.2, 0) is 19.9 Å². The van der Waals surface area contributed by atoms with Crippen LogP contribution in [0.2, 0.25) is 0 Å². The van der Waals surface area contributed by atoms with Crippen molar-refractivity contribution in [3.8, 4) is 0 Å². The SMILES string of the molecule is Cn1ccc2cc(NC(=O)Nc3cccc(CCc4ccccc4)c3C(=N)N)ccc21.I. The topological polar surface area (TPSA) is 95.9 Å². The summed E-state index contributed by atoms with van der Waals surface area (Å²) in [7, 11) is 1.98. The number of nitrogens with zero attached hydrogens (tertiary/aromatic N) is 1. The first-order valence-corrected chi connectivity index (χ1v) is 10.1. The second-order valence-electron chi connectivity index (χ2n) is 7.52. The minimum atomic E-state index is -0.377. The third kappa shape index (κ3) is 5.28. The van der Waals surface area contributed by atoms with E-state index in [1.807, 2.05) is 72.4 Å². The summed E-state index contributed by atoms with van der Waals surface area (Å²) >= 11 is 0. The Bertz CT molecular complexity index is 1250. The fraction of sp³-hybridized carbons (Fsp3) is 0.120. The van der Waals surface area contributed by atoms with Crippen LogP contribution in [0.5, 0.6) is 0 Å². The Morgan fingerprint density at radius 1 is 0.969 bits per heavy atom. The number of carbonyl (C=O) groups is 1. The van der Waals surface area contributed by atoms with Gasteiger partial charge in [-0.2, -0.15) is 0 Å². The largest absolute Gasteiger partial charge is 0.384 e. The van der Waals surface area contributed by atoms with Gasteiger partial charge in [0.1, 0.15) is 5.84 Å². The molecule has 7 heteroatoms. The molecular formula is C25H26IN5O. The number of nitrogens with two attached hydrogens (primary N) is 1. The fourth-order valence-electron chi connectivity index (χ4n) is 3.80. The van der Waals surface area contributed by atoms with Crippen LogP contribution in [0.25, 0.3) is 10.9 Å². The molecule has 0 fully saturated rings. The van der Waals surface area contributed by atoms with Crippen LogP contribution in [-0.4, -0.2) is 16.4 Å². The highest BCUT2D eigenvalue weighted by molar-refractivity contribution is 14.0. The van der Waals surface area contributed by atoms with E-state index >= 15 is 0 Å². The molecule has 0 spiro atoms. The van der Waals surface area contributed by atoms with E-state index in [9.17, 15) is 4.79 Å². The van der Waals surface area contributed by atoms with Crippen molar-refractivity contribution in [3.05, 3.63) is 95.7 Å². The van der Waals surface area contributed by atoms with Gasteiger partial charge in [0.05, 0.1) is 5.69 Å². The number of rotatable bonds is 6. The highest BCUT2D eigenvalue weighted by Crippen LogP contribution is 2.23. The lowest BCUT2D eigenvalue weighted by Crippen LogP contribution is -2.23. The molecule has 0 saturated heterocycles. The predicted octanol–water partition coefficient (Wildman–Crippen LogP) is 5.51. The molecule has 4 aromatic rings. The molecule has 5 N–H and O–H groups in total. The molecule has 0 unspecified atom stereocenters. The second-order valence-corrected chi connectivity index (χ2v) is 7.52. The van der Waals surface area contributed by atoms with Gasteiger partial charge in [0, 0.05) is 35.4 Å². The monoisotopic (exact) mass is 539 g/mol. The zero-order valence-electron chi connectivity index (χ0n) is 17.8. The van der Waals surface area contributed by atoms with Gasteiger partial charge < -0.3 is 20.9 Å². The Balaban J connectivity index is 0.00000289. The van der Waals surface area contributed by atoms with Crippen molar-refractivity contribution in [1.29, 1.82) is 5.41 Å². The van der Waals surface area contributed by atoms with Crippen molar-refractivity contribution in [2.75, 3.05) is 10.6 Å². The summed E-state index contributed by atoms with van der Waals surface area (Å²) in [4.78, 5) is 12.6. The summed E-state index contributed by atoms with van der Waals surface area (Å²) in [5.74, 6) is -0.0651. The zero-order valence-corrected chi connectivity index (χ0v) is 20.1. The molecule has 0 aliphatic carbocycles. The Morgan fingerprint density at radius 2 is 1.75 bits per heavy atom. The van der Waals surface area contributed by atoms with Crippen molar-refractivity contribution in [3.63, 3.8) is 0 Å². The Hall–Kier alpha value is -3.33. The number of nitrogen functional groups attached to an aromatic ring is 1. The first-order chi connectivity index (χ1) is 15.0. The molecule has 32 heavy (non-hydrogen) atoms. The smallest absolute Gasteiger partial charge is 0.323 e. The number of aryl methyl sites for hydroxylation is 3. The quantitative estimate of drug-likeness (QED) is 0.148. The highest BCUT2D eigenvalue weighted by Gasteiger charge is 2.14. The van der Waals surface area contributed by atoms with E-state index in [1.54, 1.807) is 6.07 Å². The lowest BCUT2D eigenvalue weighted by atomic mass is 9.97. The number of amides is 2. The van der Waals surface area contributed by atoms with E-state index < -0.39 is 0 Å². The van der Waals surface area contributed by atoms with Crippen molar-refractivity contribution in [2.45, 2.75) is 12.8 Å². The van der Waals surface area contributed by atoms with Crippen LogP contribution >= 0.6 is 24.0 Å². The lowest BCUT2D eigenvalue weighted by Gasteiger charge is -2.15. The van der Waals surface area contributed by atoms with Crippen LogP contribution in [0.15, 0.2) is 79.0 Å². The maximum absolute atomic E-state index is 12.6. The first-order valence-electron chi connectivity index (χ1n) is 10.1. The number of benzene rings is 3. The second kappa shape index (κ2) is 10.3. The third-order valence-corrected chi connectivity index (χ3v) is 5.34. The van der Waals surface area contributed by atoms with Gasteiger partial charge in [-0.3, -0.25) is 5.41 Å². The van der Waals surface area contributed by atoms with Crippen LogP contribution in [0.1, 0.15) is 16.7 Å². The first kappa shape index (κ1) is 23.3. The van der Waals surface area contributed by atoms with Gasteiger partial charge in [-0.05, 0) is 54.3 Å². The molecule has 0 saturated carbocycles. The molecule has 0 aliphatic heterocycles. The standard InChI is InChI=1S/C25H25N5O.HI/c1-30-15-14-19-16-20(12-13-22(19)30)28-25(31)29-21-9-5-8-18(23(21)24(26)27)11-10-17-6-3-2-4-7-17;/h2-9,12-16H,10-11H2,1H3,(H3,26,27)(H2,28,29,31);1H. The summed E-state index contributed by atoms with van der Waals surface area (Å²) < 4.78 is 2.03. The van der Waals surface area contributed by atoms with E-state index in [0.29, 0.717) is 16.9 Å². The number of amidine groups is 1. The molecule has 164 valence electrons. The third-order valence-electron chi connectivity index (χ3n) is 5.34. The molecule has 3 aromatic carbocycles. The van der Waals surface area contributed by atoms with Crippen LogP contribution < -0.4 is 16.4 Å². The summed E-state index contributed by atoms with van der Waals surface area (Å²) in [5.41, 5.74) is 10.9. The Labute approximate surface area is 204 Å². The van der Waals surface area contributed by atoms with Crippen molar-refractivity contribution >= 4 is 58.1 Å². The van der Waals surface area contributed by atoms with Gasteiger partial charge in [-0.1, -0.05) is 42.5 Å². The molecule has 0 bridgehead atoms. The minimum Gasteiger partial charge on any atom is -0.384 e. The number of carbonyl (C=O) groups excluding carboxylic acids is 1. The number of urea groups is 1. The molecule has 0 atom stereocenters. The number of halogens is 1. The molecule has 1 aromatic heterocycles. The predicted molar refractivity (Wildman–Crippen MR) is 142 cm³/mol. The Morgan fingerprint density at radius 3 is 2.50 bits per heavy atom. The Kier molecular flexibility index (Phi) is 7.53. The molecule has 6 nitrogen and oxygen atoms in total. The van der Waals surface area contributed by atoms with Gasteiger partial charge in [0.2, 0.25) is 0 Å². The number of fused-ring (bicyclic) bond motifs is 1. The average molecular weight is 539 g/mol. The van der Waals surface area contributed by atoms with E-state index in [4.69, 9.17) is 11.1 Å². The van der Waals surface area contributed by atoms with Crippen LogP contribution in [0.4, 0.5) is 16.2 Å². The van der Waals surface area contributed by atoms with E-state index in [1.165, 1.54) is 5.56 Å². The zero-order chi connectivity index (χ0) is 21.8.